The Morgan fingerprint density at radius 3 is 2.86 bits per heavy atom. The molecular weight excluding hydrogens is 374 g/mol. The summed E-state index contributed by atoms with van der Waals surface area (Å²) < 4.78 is 6.91. The Labute approximate surface area is 165 Å². The zero-order valence-electron chi connectivity index (χ0n) is 15.2. The Morgan fingerprint density at radius 2 is 2.07 bits per heavy atom. The number of nitrogens with zero attached hydrogens (tertiary/aromatic N) is 3. The second-order valence-electron chi connectivity index (χ2n) is 6.28. The molecule has 28 heavy (non-hydrogen) atoms. The van der Waals surface area contributed by atoms with Crippen molar-refractivity contribution in [3.8, 4) is 11.1 Å². The summed E-state index contributed by atoms with van der Waals surface area (Å²) in [6.45, 7) is 0.401. The number of fused-ring (bicyclic) bond motifs is 1. The number of nitrogens with one attached hydrogen (secondary N) is 1. The second-order valence-corrected chi connectivity index (χ2v) is 7.19. The lowest BCUT2D eigenvalue weighted by Crippen LogP contribution is -2.30. The topological polar surface area (TPSA) is 94.5 Å². The molecule has 8 heteroatoms. The van der Waals surface area contributed by atoms with Gasteiger partial charge in [-0.1, -0.05) is 30.3 Å². The maximum absolute atomic E-state index is 12.8. The van der Waals surface area contributed by atoms with Crippen molar-refractivity contribution in [2.45, 2.75) is 6.04 Å². The predicted octanol–water partition coefficient (Wildman–Crippen LogP) is 3.16. The number of carbonyl (C=O) groups excluding carboxylic acids is 1. The second kappa shape index (κ2) is 7.79. The highest BCUT2D eigenvalue weighted by Crippen LogP contribution is 2.26. The van der Waals surface area contributed by atoms with Crippen LogP contribution in [0.3, 0.4) is 0 Å². The Hall–Kier alpha value is -3.23. The molecule has 0 saturated carbocycles. The van der Waals surface area contributed by atoms with E-state index in [4.69, 9.17) is 10.5 Å². The van der Waals surface area contributed by atoms with Gasteiger partial charge in [-0.2, -0.15) is 4.98 Å². The third-order valence-electron chi connectivity index (χ3n) is 4.34. The lowest BCUT2D eigenvalue weighted by atomic mass is 10.1. The van der Waals surface area contributed by atoms with E-state index in [1.54, 1.807) is 11.6 Å². The first-order valence-electron chi connectivity index (χ1n) is 8.69. The zero-order chi connectivity index (χ0) is 19.5. The van der Waals surface area contributed by atoms with Gasteiger partial charge in [0, 0.05) is 18.9 Å². The number of amides is 1. The van der Waals surface area contributed by atoms with Crippen LogP contribution in [0.4, 0.5) is 5.95 Å². The molecule has 142 valence electrons. The summed E-state index contributed by atoms with van der Waals surface area (Å²) in [5.41, 5.74) is 9.20. The first-order valence-corrected chi connectivity index (χ1v) is 9.57. The summed E-state index contributed by atoms with van der Waals surface area (Å²) in [6.07, 6.45) is 1.85. The van der Waals surface area contributed by atoms with E-state index in [9.17, 15) is 4.79 Å². The molecule has 0 aliphatic heterocycles. The van der Waals surface area contributed by atoms with Crippen LogP contribution in [0, 0.1) is 0 Å². The molecule has 0 fully saturated rings. The van der Waals surface area contributed by atoms with Crippen LogP contribution < -0.4 is 11.1 Å². The van der Waals surface area contributed by atoms with E-state index in [-0.39, 0.29) is 17.9 Å². The normalized spacial score (nSPS) is 12.2. The lowest BCUT2D eigenvalue weighted by molar-refractivity contribution is 0.0900. The quantitative estimate of drug-likeness (QED) is 0.525. The van der Waals surface area contributed by atoms with Crippen LogP contribution in [0.2, 0.25) is 0 Å². The number of benzene rings is 1. The number of ether oxygens (including phenoxy) is 1. The highest BCUT2D eigenvalue weighted by atomic mass is 32.1. The van der Waals surface area contributed by atoms with Crippen LogP contribution in [0.15, 0.2) is 60.1 Å². The minimum Gasteiger partial charge on any atom is -0.382 e. The number of hydrogen-bond acceptors (Lipinski definition) is 6. The van der Waals surface area contributed by atoms with Gasteiger partial charge in [0.15, 0.2) is 5.65 Å². The molecule has 3 N–H and O–H groups in total. The van der Waals surface area contributed by atoms with Gasteiger partial charge in [-0.3, -0.25) is 4.79 Å². The first kappa shape index (κ1) is 18.1. The van der Waals surface area contributed by atoms with Crippen molar-refractivity contribution >= 4 is 28.8 Å². The zero-order valence-corrected chi connectivity index (χ0v) is 16.0. The minimum atomic E-state index is -0.210. The molecule has 0 aliphatic carbocycles. The molecule has 3 aromatic heterocycles. The first-order chi connectivity index (χ1) is 13.6. The number of carbonyl (C=O) groups is 1. The van der Waals surface area contributed by atoms with Crippen molar-refractivity contribution in [2.75, 3.05) is 19.5 Å². The number of nitrogen functional groups attached to an aromatic ring is 1. The van der Waals surface area contributed by atoms with Crippen LogP contribution in [0.25, 0.3) is 16.8 Å². The van der Waals surface area contributed by atoms with Crippen LogP contribution in [-0.2, 0) is 4.74 Å². The van der Waals surface area contributed by atoms with Crippen molar-refractivity contribution in [3.63, 3.8) is 0 Å². The molecule has 4 aromatic rings. The number of pyridine rings is 1. The number of aromatic nitrogens is 3. The number of nitrogens with two attached hydrogens (primary N) is 1. The Bertz CT molecular complexity index is 1110. The third-order valence-corrected chi connectivity index (χ3v) is 5.27. The van der Waals surface area contributed by atoms with E-state index in [0.29, 0.717) is 17.1 Å². The SMILES string of the molecule is COC[C@H](NC(=O)c1cc(-c2ccc3nc(N)nn3c2)cs1)c1ccccc1. The van der Waals surface area contributed by atoms with Crippen molar-refractivity contribution < 1.29 is 9.53 Å². The fourth-order valence-corrected chi connectivity index (χ4v) is 3.80. The smallest absolute Gasteiger partial charge is 0.261 e. The van der Waals surface area contributed by atoms with Gasteiger partial charge in [0.05, 0.1) is 17.5 Å². The molecule has 0 spiro atoms. The largest absolute Gasteiger partial charge is 0.382 e. The van der Waals surface area contributed by atoms with E-state index in [1.165, 1.54) is 11.3 Å². The van der Waals surface area contributed by atoms with Gasteiger partial charge in [0.2, 0.25) is 5.95 Å². The van der Waals surface area contributed by atoms with Crippen LogP contribution >= 0.6 is 11.3 Å². The molecular formula is C20H19N5O2S. The summed E-state index contributed by atoms with van der Waals surface area (Å²) in [5, 5.41) is 9.13. The molecule has 1 atom stereocenters. The maximum Gasteiger partial charge on any atom is 0.261 e. The molecule has 1 amide bonds. The summed E-state index contributed by atoms with van der Waals surface area (Å²) in [4.78, 5) is 17.5. The number of thiophene rings is 1. The fourth-order valence-electron chi connectivity index (χ4n) is 2.98. The molecule has 0 saturated heterocycles. The third kappa shape index (κ3) is 3.73. The van der Waals surface area contributed by atoms with Crippen LogP contribution in [0.1, 0.15) is 21.3 Å². The van der Waals surface area contributed by atoms with E-state index >= 15 is 0 Å². The molecule has 0 radical (unpaired) electrons. The van der Waals surface area contributed by atoms with E-state index in [0.717, 1.165) is 16.7 Å². The highest BCUT2D eigenvalue weighted by Gasteiger charge is 2.17. The number of rotatable bonds is 6. The van der Waals surface area contributed by atoms with Crippen molar-refractivity contribution in [1.82, 2.24) is 19.9 Å². The highest BCUT2D eigenvalue weighted by molar-refractivity contribution is 7.12. The van der Waals surface area contributed by atoms with E-state index in [2.05, 4.69) is 15.4 Å². The monoisotopic (exact) mass is 393 g/mol. The van der Waals surface area contributed by atoms with Gasteiger partial charge in [-0.05, 0) is 34.7 Å². The van der Waals surface area contributed by atoms with Gasteiger partial charge in [0.1, 0.15) is 0 Å². The Balaban J connectivity index is 1.54. The van der Waals surface area contributed by atoms with Gasteiger partial charge in [-0.25, -0.2) is 4.52 Å². The average Bonchev–Trinajstić information content (AvgIpc) is 3.33. The minimum absolute atomic E-state index is 0.131. The standard InChI is InChI=1S/C20H19N5O2S/c1-27-11-16(13-5-3-2-4-6-13)22-19(26)17-9-15(12-28-17)14-7-8-18-23-20(21)24-25(18)10-14/h2-10,12,16H,11H2,1H3,(H2,21,24)(H,22,26)/t16-/m0/s1. The van der Waals surface area contributed by atoms with E-state index in [1.807, 2.05) is 60.1 Å². The van der Waals surface area contributed by atoms with Gasteiger partial charge < -0.3 is 15.8 Å². The lowest BCUT2D eigenvalue weighted by Gasteiger charge is -2.17. The number of anilines is 1. The van der Waals surface area contributed by atoms with Crippen molar-refractivity contribution in [3.05, 3.63) is 70.5 Å². The molecule has 4 rings (SSSR count). The average molecular weight is 393 g/mol. The molecule has 7 nitrogen and oxygen atoms in total. The predicted molar refractivity (Wildman–Crippen MR) is 109 cm³/mol. The summed E-state index contributed by atoms with van der Waals surface area (Å²) in [5.74, 6) is 0.0980. The molecule has 0 bridgehead atoms. The summed E-state index contributed by atoms with van der Waals surface area (Å²) in [6, 6.07) is 15.2. The number of methoxy groups -OCH3 is 1. The van der Waals surface area contributed by atoms with Crippen molar-refractivity contribution in [2.24, 2.45) is 0 Å². The van der Waals surface area contributed by atoms with Gasteiger partial charge in [-0.15, -0.1) is 16.4 Å². The molecule has 3 heterocycles. The molecule has 0 aliphatic rings. The van der Waals surface area contributed by atoms with E-state index < -0.39 is 0 Å². The fraction of sp³-hybridized carbons (Fsp3) is 0.150. The Kier molecular flexibility index (Phi) is 5.05. The van der Waals surface area contributed by atoms with Gasteiger partial charge >= 0.3 is 0 Å². The van der Waals surface area contributed by atoms with Crippen molar-refractivity contribution in [1.29, 1.82) is 0 Å². The molecule has 0 unspecified atom stereocenters. The van der Waals surface area contributed by atoms with Gasteiger partial charge in [0.25, 0.3) is 5.91 Å². The summed E-state index contributed by atoms with van der Waals surface area (Å²) >= 11 is 1.40. The number of hydrogen-bond donors (Lipinski definition) is 2. The van der Waals surface area contributed by atoms with Crippen LogP contribution in [0.5, 0.6) is 0 Å². The summed E-state index contributed by atoms with van der Waals surface area (Å²) in [7, 11) is 1.62. The Morgan fingerprint density at radius 1 is 1.25 bits per heavy atom. The maximum atomic E-state index is 12.8. The van der Waals surface area contributed by atoms with Crippen LogP contribution in [-0.4, -0.2) is 34.2 Å². The molecule has 1 aromatic carbocycles.